The van der Waals surface area contributed by atoms with Crippen LogP contribution in [0.25, 0.3) is 0 Å². The molecule has 190 valence electrons. The maximum atomic E-state index is 13.3. The number of pyridine rings is 1. The summed E-state index contributed by atoms with van der Waals surface area (Å²) in [6.07, 6.45) is 1.63. The third-order valence-electron chi connectivity index (χ3n) is 5.41. The minimum Gasteiger partial charge on any atom is -0.496 e. The number of rotatable bonds is 5. The van der Waals surface area contributed by atoms with E-state index in [0.717, 1.165) is 52.6 Å². The van der Waals surface area contributed by atoms with E-state index in [1.807, 2.05) is 53.7 Å². The van der Waals surface area contributed by atoms with Crippen LogP contribution >= 0.6 is 0 Å². The molecule has 1 amide bonds. The second-order valence-electron chi connectivity index (χ2n) is 9.32. The zero-order chi connectivity index (χ0) is 26.2. The summed E-state index contributed by atoms with van der Waals surface area (Å²) in [4.78, 5) is 38.1. The summed E-state index contributed by atoms with van der Waals surface area (Å²) in [7, 11) is 1.65. The first-order valence-electron chi connectivity index (χ1n) is 11.4. The number of morpholine rings is 1. The summed E-state index contributed by atoms with van der Waals surface area (Å²) in [6.45, 7) is 14.9. The monoisotopic (exact) mass is 485 g/mol. The number of benzene rings is 1. The minimum atomic E-state index is -0.611. The number of ether oxygens (including phenoxy) is 3. The Bertz CT molecular complexity index is 1050. The Kier molecular flexibility index (Phi) is 9.80. The van der Waals surface area contributed by atoms with Crippen molar-refractivity contribution in [3.8, 4) is 5.75 Å². The number of carbonyl (C=O) groups is 1. The van der Waals surface area contributed by atoms with Gasteiger partial charge in [-0.3, -0.25) is 9.88 Å². The largest absolute Gasteiger partial charge is 0.496 e. The molecule has 0 spiro atoms. The van der Waals surface area contributed by atoms with Crippen molar-refractivity contribution >= 4 is 23.6 Å². The maximum Gasteiger partial charge on any atom is 0.415 e. The number of hydrogen-bond donors (Lipinski definition) is 0. The number of anilines is 2. The maximum absolute atomic E-state index is 13.3. The highest BCUT2D eigenvalue weighted by Crippen LogP contribution is 2.30. The summed E-state index contributed by atoms with van der Waals surface area (Å²) in [5.41, 5.74) is 4.96. The molecule has 35 heavy (non-hydrogen) atoms. The third kappa shape index (κ3) is 7.80. The lowest BCUT2D eigenvalue weighted by Crippen LogP contribution is -2.38. The van der Waals surface area contributed by atoms with E-state index in [2.05, 4.69) is 16.0 Å². The fourth-order valence-corrected chi connectivity index (χ4v) is 3.86. The molecule has 0 bridgehead atoms. The van der Waals surface area contributed by atoms with E-state index in [0.29, 0.717) is 13.2 Å². The van der Waals surface area contributed by atoms with Gasteiger partial charge in [0, 0.05) is 41.8 Å². The van der Waals surface area contributed by atoms with Crippen molar-refractivity contribution in [3.63, 3.8) is 0 Å². The molecule has 1 fully saturated rings. The molecule has 0 N–H and O–H groups in total. The van der Waals surface area contributed by atoms with Crippen LogP contribution in [0.2, 0.25) is 0 Å². The average molecular weight is 486 g/mol. The van der Waals surface area contributed by atoms with Crippen molar-refractivity contribution < 1.29 is 28.6 Å². The van der Waals surface area contributed by atoms with E-state index >= 15 is 0 Å². The highest BCUT2D eigenvalue weighted by atomic mass is 16.6. The summed E-state index contributed by atoms with van der Waals surface area (Å²) < 4.78 is 16.8. The zero-order valence-electron chi connectivity index (χ0n) is 21.6. The lowest BCUT2D eigenvalue weighted by molar-refractivity contribution is -0.191. The number of aromatic nitrogens is 1. The standard InChI is InChI=1S/C25H35N3O4.CO2/c1-17-12-20(27-8-10-31-11-9-27)14-21(13-17)28(24(29)32-25(4,5)6)16-22-19(3)23(30-7)18(2)15-26-22;2-1-3/h12-15H,8-11,16H2,1-7H3;. The molecule has 0 atom stereocenters. The van der Waals surface area contributed by atoms with E-state index in [1.165, 1.54) is 0 Å². The van der Waals surface area contributed by atoms with Gasteiger partial charge in [0.25, 0.3) is 0 Å². The van der Waals surface area contributed by atoms with Gasteiger partial charge in [0.1, 0.15) is 11.4 Å². The van der Waals surface area contributed by atoms with Gasteiger partial charge in [0.2, 0.25) is 0 Å². The highest BCUT2D eigenvalue weighted by molar-refractivity contribution is 5.89. The van der Waals surface area contributed by atoms with Gasteiger partial charge < -0.3 is 19.1 Å². The van der Waals surface area contributed by atoms with Crippen molar-refractivity contribution in [1.29, 1.82) is 0 Å². The van der Waals surface area contributed by atoms with Gasteiger partial charge in [-0.25, -0.2) is 4.79 Å². The first-order valence-corrected chi connectivity index (χ1v) is 11.4. The summed E-state index contributed by atoms with van der Waals surface area (Å²) in [5, 5.41) is 0. The molecular weight excluding hydrogens is 450 g/mol. The molecule has 9 nitrogen and oxygen atoms in total. The molecule has 1 saturated heterocycles. The number of aryl methyl sites for hydroxylation is 2. The second-order valence-corrected chi connectivity index (χ2v) is 9.32. The topological polar surface area (TPSA) is 98.3 Å². The van der Waals surface area contributed by atoms with Gasteiger partial charge in [0.05, 0.1) is 32.6 Å². The molecule has 9 heteroatoms. The Morgan fingerprint density at radius 1 is 1.14 bits per heavy atom. The van der Waals surface area contributed by atoms with Crippen LogP contribution in [-0.4, -0.2) is 56.2 Å². The summed E-state index contributed by atoms with van der Waals surface area (Å²) in [5.74, 6) is 0.789. The zero-order valence-corrected chi connectivity index (χ0v) is 21.6. The van der Waals surface area contributed by atoms with Gasteiger partial charge >= 0.3 is 12.2 Å². The fourth-order valence-electron chi connectivity index (χ4n) is 3.86. The Hall–Kier alpha value is -3.42. The van der Waals surface area contributed by atoms with E-state index in [4.69, 9.17) is 23.8 Å². The number of methoxy groups -OCH3 is 1. The average Bonchev–Trinajstić information content (AvgIpc) is 2.78. The normalized spacial score (nSPS) is 13.3. The van der Waals surface area contributed by atoms with E-state index < -0.39 is 11.7 Å². The summed E-state index contributed by atoms with van der Waals surface area (Å²) >= 11 is 0. The van der Waals surface area contributed by atoms with Crippen LogP contribution in [0.5, 0.6) is 5.75 Å². The smallest absolute Gasteiger partial charge is 0.415 e. The molecule has 1 aliphatic heterocycles. The predicted molar refractivity (Wildman–Crippen MR) is 132 cm³/mol. The van der Waals surface area contributed by atoms with Crippen molar-refractivity contribution in [2.24, 2.45) is 0 Å². The van der Waals surface area contributed by atoms with Crippen molar-refractivity contribution in [2.75, 3.05) is 43.2 Å². The number of amides is 1. The van der Waals surface area contributed by atoms with E-state index in [9.17, 15) is 4.79 Å². The van der Waals surface area contributed by atoms with Crippen LogP contribution in [-0.2, 0) is 25.6 Å². The Balaban J connectivity index is 0.00000137. The lowest BCUT2D eigenvalue weighted by atomic mass is 10.1. The molecule has 1 aromatic carbocycles. The van der Waals surface area contributed by atoms with Gasteiger partial charge in [-0.05, 0) is 65.3 Å². The Labute approximate surface area is 207 Å². The van der Waals surface area contributed by atoms with Gasteiger partial charge in [0.15, 0.2) is 0 Å². The third-order valence-corrected chi connectivity index (χ3v) is 5.41. The van der Waals surface area contributed by atoms with Crippen LogP contribution in [0, 0.1) is 20.8 Å². The first kappa shape index (κ1) is 27.8. The van der Waals surface area contributed by atoms with Gasteiger partial charge in [-0.1, -0.05) is 0 Å². The second kappa shape index (κ2) is 12.3. The molecule has 2 aromatic rings. The van der Waals surface area contributed by atoms with Gasteiger partial charge in [-0.2, -0.15) is 9.59 Å². The molecular formula is C26H35N3O6. The van der Waals surface area contributed by atoms with Crippen LogP contribution in [0.1, 0.15) is 43.2 Å². The van der Waals surface area contributed by atoms with Gasteiger partial charge in [-0.15, -0.1) is 0 Å². The summed E-state index contributed by atoms with van der Waals surface area (Å²) in [6, 6.07) is 6.19. The number of nitrogens with zero attached hydrogens (tertiary/aromatic N) is 3. The SMILES string of the molecule is COc1c(C)cnc(CN(C(=O)OC(C)(C)C)c2cc(C)cc(N3CCOCC3)c2)c1C.O=C=O. The van der Waals surface area contributed by atoms with Crippen LogP contribution in [0.4, 0.5) is 16.2 Å². The van der Waals surface area contributed by atoms with E-state index in [-0.39, 0.29) is 12.7 Å². The molecule has 0 saturated carbocycles. The number of hydrogen-bond acceptors (Lipinski definition) is 8. The molecule has 2 heterocycles. The molecule has 1 aromatic heterocycles. The van der Waals surface area contributed by atoms with Crippen molar-refractivity contribution in [1.82, 2.24) is 4.98 Å². The van der Waals surface area contributed by atoms with E-state index in [1.54, 1.807) is 18.2 Å². The Morgan fingerprint density at radius 2 is 1.77 bits per heavy atom. The quantitative estimate of drug-likeness (QED) is 0.621. The van der Waals surface area contributed by atoms with Crippen LogP contribution < -0.4 is 14.5 Å². The molecule has 0 radical (unpaired) electrons. The van der Waals surface area contributed by atoms with Crippen LogP contribution in [0.15, 0.2) is 24.4 Å². The molecule has 1 aliphatic rings. The molecule has 0 unspecified atom stereocenters. The fraction of sp³-hybridized carbons (Fsp3) is 0.500. The molecule has 3 rings (SSSR count). The van der Waals surface area contributed by atoms with Crippen molar-refractivity contribution in [3.05, 3.63) is 46.8 Å². The lowest BCUT2D eigenvalue weighted by Gasteiger charge is -2.32. The van der Waals surface area contributed by atoms with Crippen LogP contribution in [0.3, 0.4) is 0 Å². The minimum absolute atomic E-state index is 0.250. The Morgan fingerprint density at radius 3 is 2.34 bits per heavy atom. The predicted octanol–water partition coefficient (Wildman–Crippen LogP) is 4.21. The first-order chi connectivity index (χ1) is 16.5. The number of carbonyl (C=O) groups excluding carboxylic acids is 3. The van der Waals surface area contributed by atoms with Crippen molar-refractivity contribution in [2.45, 2.75) is 53.7 Å². The highest BCUT2D eigenvalue weighted by Gasteiger charge is 2.26. The molecule has 0 aliphatic carbocycles.